The molecular formula is C13H13F7O2. The van der Waals surface area contributed by atoms with E-state index in [2.05, 4.69) is 0 Å². The van der Waals surface area contributed by atoms with Crippen LogP contribution >= 0.6 is 0 Å². The highest BCUT2D eigenvalue weighted by Gasteiger charge is 2.72. The molecule has 1 N–H and O–H groups in total. The Hall–Kier alpha value is -1.51. The maximum absolute atomic E-state index is 13.2. The Bertz CT molecular complexity index is 482. The van der Waals surface area contributed by atoms with Gasteiger partial charge in [0.05, 0.1) is 12.7 Å². The molecule has 0 spiro atoms. The van der Waals surface area contributed by atoms with Gasteiger partial charge in [-0.1, -0.05) is 12.1 Å². The van der Waals surface area contributed by atoms with Crippen LogP contribution in [0.1, 0.15) is 25.0 Å². The zero-order chi connectivity index (χ0) is 17.2. The van der Waals surface area contributed by atoms with Gasteiger partial charge in [0.2, 0.25) is 0 Å². The van der Waals surface area contributed by atoms with E-state index in [1.54, 1.807) is 6.92 Å². The number of hydrogen-bond acceptors (Lipinski definition) is 2. The summed E-state index contributed by atoms with van der Waals surface area (Å²) in [5.41, 5.74) is -0.221. The Labute approximate surface area is 121 Å². The molecule has 126 valence electrons. The van der Waals surface area contributed by atoms with Crippen LogP contribution in [0.5, 0.6) is 5.75 Å². The molecule has 0 aromatic heterocycles. The van der Waals surface area contributed by atoms with E-state index in [1.807, 2.05) is 0 Å². The molecule has 9 heteroatoms. The Morgan fingerprint density at radius 1 is 1.00 bits per heavy atom. The number of rotatable bonds is 6. The van der Waals surface area contributed by atoms with Crippen molar-refractivity contribution in [1.82, 2.24) is 0 Å². The summed E-state index contributed by atoms with van der Waals surface area (Å²) in [7, 11) is 0. The van der Waals surface area contributed by atoms with Crippen LogP contribution in [0.2, 0.25) is 0 Å². The Balaban J connectivity index is 2.88. The molecule has 0 saturated carbocycles. The molecule has 0 radical (unpaired) electrons. The van der Waals surface area contributed by atoms with Crippen LogP contribution in [-0.4, -0.2) is 29.7 Å². The minimum Gasteiger partial charge on any atom is -0.494 e. The van der Waals surface area contributed by atoms with Crippen LogP contribution in [0.4, 0.5) is 30.7 Å². The molecule has 0 heterocycles. The standard InChI is InChI=1S/C13H13F7O2/c1-2-22-9-5-3-8(4-6-9)10(21)7-11(14,15)12(16,17)13(18,19)20/h3-6,10,21H,2,7H2,1H3. The summed E-state index contributed by atoms with van der Waals surface area (Å²) in [6.07, 6.45) is -10.7. The fraction of sp³-hybridized carbons (Fsp3) is 0.538. The molecule has 0 aliphatic heterocycles. The zero-order valence-corrected chi connectivity index (χ0v) is 11.3. The lowest BCUT2D eigenvalue weighted by atomic mass is 9.98. The van der Waals surface area contributed by atoms with Crippen molar-refractivity contribution in [3.05, 3.63) is 29.8 Å². The van der Waals surface area contributed by atoms with E-state index in [1.165, 1.54) is 12.1 Å². The highest BCUT2D eigenvalue weighted by molar-refractivity contribution is 5.28. The first-order chi connectivity index (χ1) is 9.92. The first-order valence-electron chi connectivity index (χ1n) is 6.15. The first kappa shape index (κ1) is 18.5. The SMILES string of the molecule is CCOc1ccc(C(O)CC(F)(F)C(F)(F)C(F)(F)F)cc1. The summed E-state index contributed by atoms with van der Waals surface area (Å²) in [4.78, 5) is 0. The van der Waals surface area contributed by atoms with E-state index in [-0.39, 0.29) is 5.56 Å². The lowest BCUT2D eigenvalue weighted by Gasteiger charge is -2.29. The van der Waals surface area contributed by atoms with Crippen molar-refractivity contribution in [3.63, 3.8) is 0 Å². The summed E-state index contributed by atoms with van der Waals surface area (Å²) < 4.78 is 92.9. The van der Waals surface area contributed by atoms with Crippen molar-refractivity contribution in [2.75, 3.05) is 6.61 Å². The van der Waals surface area contributed by atoms with Crippen molar-refractivity contribution >= 4 is 0 Å². The Morgan fingerprint density at radius 3 is 1.91 bits per heavy atom. The molecule has 2 nitrogen and oxygen atoms in total. The molecule has 1 unspecified atom stereocenters. The smallest absolute Gasteiger partial charge is 0.459 e. The molecule has 1 atom stereocenters. The van der Waals surface area contributed by atoms with Gasteiger partial charge in [-0.2, -0.15) is 30.7 Å². The molecule has 1 aromatic rings. The fourth-order valence-corrected chi connectivity index (χ4v) is 1.65. The topological polar surface area (TPSA) is 29.5 Å². The normalized spacial score (nSPS) is 14.8. The van der Waals surface area contributed by atoms with E-state index in [0.29, 0.717) is 12.4 Å². The highest BCUT2D eigenvalue weighted by Crippen LogP contribution is 2.49. The average molecular weight is 334 g/mol. The van der Waals surface area contributed by atoms with Gasteiger partial charge < -0.3 is 9.84 Å². The number of halogens is 7. The van der Waals surface area contributed by atoms with E-state index in [0.717, 1.165) is 12.1 Å². The van der Waals surface area contributed by atoms with Crippen LogP contribution in [-0.2, 0) is 0 Å². The molecule has 0 amide bonds. The number of hydrogen-bond donors (Lipinski definition) is 1. The van der Waals surface area contributed by atoms with Gasteiger partial charge in [-0.15, -0.1) is 0 Å². The quantitative estimate of drug-likeness (QED) is 0.784. The molecule has 1 aromatic carbocycles. The third-order valence-corrected chi connectivity index (χ3v) is 2.84. The minimum absolute atomic E-state index is 0.221. The number of aliphatic hydroxyl groups excluding tert-OH is 1. The van der Waals surface area contributed by atoms with Gasteiger partial charge in [-0.05, 0) is 24.6 Å². The number of ether oxygens (including phenoxy) is 1. The summed E-state index contributed by atoms with van der Waals surface area (Å²) >= 11 is 0. The number of aliphatic hydroxyl groups is 1. The van der Waals surface area contributed by atoms with Crippen molar-refractivity contribution < 1.29 is 40.6 Å². The highest BCUT2D eigenvalue weighted by atomic mass is 19.4. The van der Waals surface area contributed by atoms with Crippen LogP contribution < -0.4 is 4.74 Å². The Morgan fingerprint density at radius 2 is 1.50 bits per heavy atom. The van der Waals surface area contributed by atoms with Gasteiger partial charge in [-0.3, -0.25) is 0 Å². The van der Waals surface area contributed by atoms with Crippen LogP contribution in [0.3, 0.4) is 0 Å². The predicted molar refractivity (Wildman–Crippen MR) is 63.1 cm³/mol. The fourth-order valence-electron chi connectivity index (χ4n) is 1.65. The molecule has 1 rings (SSSR count). The van der Waals surface area contributed by atoms with Gasteiger partial charge in [0, 0.05) is 6.42 Å². The number of benzene rings is 1. The molecule has 0 bridgehead atoms. The molecular weight excluding hydrogens is 321 g/mol. The summed E-state index contributed by atoms with van der Waals surface area (Å²) in [5.74, 6) is -11.3. The van der Waals surface area contributed by atoms with Gasteiger partial charge >= 0.3 is 18.0 Å². The summed E-state index contributed by atoms with van der Waals surface area (Å²) in [5, 5.41) is 9.48. The molecule has 0 aliphatic carbocycles. The van der Waals surface area contributed by atoms with E-state index < -0.39 is 30.5 Å². The van der Waals surface area contributed by atoms with Crippen molar-refractivity contribution in [3.8, 4) is 5.75 Å². The monoisotopic (exact) mass is 334 g/mol. The van der Waals surface area contributed by atoms with Crippen LogP contribution in [0.15, 0.2) is 24.3 Å². The molecule has 22 heavy (non-hydrogen) atoms. The number of alkyl halides is 7. The molecule has 0 aliphatic rings. The second-order valence-corrected chi connectivity index (χ2v) is 4.50. The summed E-state index contributed by atoms with van der Waals surface area (Å²) in [6.45, 7) is 2.00. The second kappa shape index (κ2) is 6.31. The van der Waals surface area contributed by atoms with E-state index >= 15 is 0 Å². The largest absolute Gasteiger partial charge is 0.494 e. The average Bonchev–Trinajstić information content (AvgIpc) is 2.37. The summed E-state index contributed by atoms with van der Waals surface area (Å²) in [6, 6.07) is 4.78. The van der Waals surface area contributed by atoms with Gasteiger partial charge in [0.25, 0.3) is 0 Å². The Kier molecular flexibility index (Phi) is 5.32. The van der Waals surface area contributed by atoms with Crippen LogP contribution in [0.25, 0.3) is 0 Å². The molecule has 0 saturated heterocycles. The van der Waals surface area contributed by atoms with Crippen molar-refractivity contribution in [2.45, 2.75) is 37.5 Å². The maximum atomic E-state index is 13.2. The third kappa shape index (κ3) is 3.82. The van der Waals surface area contributed by atoms with Crippen molar-refractivity contribution in [2.24, 2.45) is 0 Å². The lowest BCUT2D eigenvalue weighted by molar-refractivity contribution is -0.358. The third-order valence-electron chi connectivity index (χ3n) is 2.84. The maximum Gasteiger partial charge on any atom is 0.459 e. The van der Waals surface area contributed by atoms with Gasteiger partial charge in [0.1, 0.15) is 5.75 Å². The zero-order valence-electron chi connectivity index (χ0n) is 11.3. The molecule has 0 fully saturated rings. The predicted octanol–water partition coefficient (Wildman–Crippen LogP) is 4.34. The van der Waals surface area contributed by atoms with Crippen molar-refractivity contribution in [1.29, 1.82) is 0 Å². The lowest BCUT2D eigenvalue weighted by Crippen LogP contribution is -2.52. The van der Waals surface area contributed by atoms with Crippen LogP contribution in [0, 0.1) is 0 Å². The van der Waals surface area contributed by atoms with Gasteiger partial charge in [-0.25, -0.2) is 0 Å². The van der Waals surface area contributed by atoms with E-state index in [4.69, 9.17) is 4.74 Å². The minimum atomic E-state index is -6.41. The van der Waals surface area contributed by atoms with E-state index in [9.17, 15) is 35.8 Å². The van der Waals surface area contributed by atoms with Gasteiger partial charge in [0.15, 0.2) is 0 Å². The second-order valence-electron chi connectivity index (χ2n) is 4.50. The first-order valence-corrected chi connectivity index (χ1v) is 6.15.